The van der Waals surface area contributed by atoms with Gasteiger partial charge in [-0.2, -0.15) is 5.26 Å². The first kappa shape index (κ1) is 13.6. The number of anilines is 2. The van der Waals surface area contributed by atoms with E-state index >= 15 is 0 Å². The van der Waals surface area contributed by atoms with Gasteiger partial charge in [-0.3, -0.25) is 0 Å². The van der Waals surface area contributed by atoms with Crippen LogP contribution in [-0.4, -0.2) is 17.1 Å². The van der Waals surface area contributed by atoms with Crippen molar-refractivity contribution in [1.29, 1.82) is 5.26 Å². The third kappa shape index (κ3) is 3.14. The highest BCUT2D eigenvalue weighted by Gasteiger charge is 2.04. The molecule has 0 atom stereocenters. The Hall–Kier alpha value is -2.81. The molecule has 102 valence electrons. The van der Waals surface area contributed by atoms with Crippen molar-refractivity contribution in [3.63, 3.8) is 0 Å². The molecule has 1 aromatic carbocycles. The van der Waals surface area contributed by atoms with Crippen LogP contribution >= 0.6 is 0 Å². The molecule has 3 N–H and O–H groups in total. The Morgan fingerprint density at radius 1 is 1.35 bits per heavy atom. The molecule has 0 aliphatic rings. The Balaban J connectivity index is 2.11. The molecule has 6 nitrogen and oxygen atoms in total. The minimum absolute atomic E-state index is 0.342. The van der Waals surface area contributed by atoms with E-state index in [-0.39, 0.29) is 0 Å². The molecule has 0 aliphatic heterocycles. The summed E-state index contributed by atoms with van der Waals surface area (Å²) in [5.41, 5.74) is 8.49. The van der Waals surface area contributed by atoms with Gasteiger partial charge in [-0.1, -0.05) is 6.07 Å². The predicted octanol–water partition coefficient (Wildman–Crippen LogP) is 1.86. The molecule has 2 aromatic rings. The molecule has 0 amide bonds. The molecule has 0 aliphatic carbocycles. The number of nitrogens with zero attached hydrogens (tertiary/aromatic N) is 3. The highest BCUT2D eigenvalue weighted by Crippen LogP contribution is 2.22. The van der Waals surface area contributed by atoms with Crippen molar-refractivity contribution >= 4 is 11.6 Å². The first-order chi connectivity index (χ1) is 9.62. The smallest absolute Gasteiger partial charge is 0.224 e. The third-order valence-electron chi connectivity index (χ3n) is 2.71. The van der Waals surface area contributed by atoms with E-state index in [0.29, 0.717) is 29.6 Å². The van der Waals surface area contributed by atoms with Crippen LogP contribution in [0.1, 0.15) is 17.0 Å². The van der Waals surface area contributed by atoms with Crippen LogP contribution in [0.25, 0.3) is 0 Å². The Kier molecular flexibility index (Phi) is 4.01. The van der Waals surface area contributed by atoms with Gasteiger partial charge in [0.1, 0.15) is 17.5 Å². The van der Waals surface area contributed by atoms with Crippen molar-refractivity contribution in [2.75, 3.05) is 18.2 Å². The van der Waals surface area contributed by atoms with Crippen LogP contribution < -0.4 is 15.8 Å². The Bertz CT molecular complexity index is 663. The average molecular weight is 269 g/mol. The van der Waals surface area contributed by atoms with Crippen molar-refractivity contribution < 1.29 is 4.74 Å². The zero-order chi connectivity index (χ0) is 14.5. The summed E-state index contributed by atoms with van der Waals surface area (Å²) in [5, 5.41) is 11.9. The molecule has 0 bridgehead atoms. The Morgan fingerprint density at radius 3 is 2.80 bits per heavy atom. The summed E-state index contributed by atoms with van der Waals surface area (Å²) in [4.78, 5) is 8.31. The zero-order valence-corrected chi connectivity index (χ0v) is 11.3. The van der Waals surface area contributed by atoms with Gasteiger partial charge >= 0.3 is 0 Å². The summed E-state index contributed by atoms with van der Waals surface area (Å²) < 4.78 is 5.10. The van der Waals surface area contributed by atoms with Crippen LogP contribution in [0.4, 0.5) is 11.6 Å². The summed E-state index contributed by atoms with van der Waals surface area (Å²) in [6, 6.07) is 9.18. The molecular weight excluding hydrogens is 254 g/mol. The van der Waals surface area contributed by atoms with E-state index in [1.807, 2.05) is 31.2 Å². The lowest BCUT2D eigenvalue weighted by molar-refractivity contribution is 0.417. The molecule has 1 aromatic heterocycles. The number of aryl methyl sites for hydroxylation is 1. The molecule has 0 fully saturated rings. The summed E-state index contributed by atoms with van der Waals surface area (Å²) >= 11 is 0. The zero-order valence-electron chi connectivity index (χ0n) is 11.3. The van der Waals surface area contributed by atoms with E-state index in [2.05, 4.69) is 15.3 Å². The molecule has 0 saturated carbocycles. The SMILES string of the molecule is COc1ccc(CNc2nc(C)cc(C#N)n2)cc1N. The normalized spacial score (nSPS) is 9.85. The lowest BCUT2D eigenvalue weighted by Crippen LogP contribution is -2.06. The highest BCUT2D eigenvalue weighted by atomic mass is 16.5. The summed E-state index contributed by atoms with van der Waals surface area (Å²) in [6.45, 7) is 2.33. The van der Waals surface area contributed by atoms with E-state index in [4.69, 9.17) is 15.7 Å². The van der Waals surface area contributed by atoms with E-state index in [1.54, 1.807) is 13.2 Å². The number of rotatable bonds is 4. The summed E-state index contributed by atoms with van der Waals surface area (Å²) in [7, 11) is 1.58. The third-order valence-corrected chi connectivity index (χ3v) is 2.71. The van der Waals surface area contributed by atoms with Crippen molar-refractivity contribution in [1.82, 2.24) is 9.97 Å². The number of nitrogens with one attached hydrogen (secondary N) is 1. The number of hydrogen-bond donors (Lipinski definition) is 2. The standard InChI is InChI=1S/C14H15N5O/c1-9-5-11(7-15)19-14(18-9)17-8-10-3-4-13(20-2)12(16)6-10/h3-6H,8,16H2,1-2H3,(H,17,18,19). The maximum absolute atomic E-state index is 8.87. The number of ether oxygens (including phenoxy) is 1. The van der Waals surface area contributed by atoms with E-state index in [9.17, 15) is 0 Å². The molecule has 1 heterocycles. The fraction of sp³-hybridized carbons (Fsp3) is 0.214. The number of benzene rings is 1. The van der Waals surface area contributed by atoms with Gasteiger partial charge in [0, 0.05) is 12.2 Å². The van der Waals surface area contributed by atoms with E-state index in [0.717, 1.165) is 11.3 Å². The minimum Gasteiger partial charge on any atom is -0.495 e. The molecule has 0 radical (unpaired) electrons. The number of hydrogen-bond acceptors (Lipinski definition) is 6. The van der Waals surface area contributed by atoms with Gasteiger partial charge in [0.15, 0.2) is 0 Å². The Labute approximate surface area is 117 Å². The van der Waals surface area contributed by atoms with Crippen molar-refractivity contribution in [2.24, 2.45) is 0 Å². The van der Waals surface area contributed by atoms with Crippen LogP contribution in [0.15, 0.2) is 24.3 Å². The number of methoxy groups -OCH3 is 1. The predicted molar refractivity (Wildman–Crippen MR) is 76.2 cm³/mol. The van der Waals surface area contributed by atoms with Gasteiger partial charge in [-0.25, -0.2) is 9.97 Å². The maximum atomic E-state index is 8.87. The van der Waals surface area contributed by atoms with E-state index < -0.39 is 0 Å². The number of aromatic nitrogens is 2. The fourth-order valence-corrected chi connectivity index (χ4v) is 1.78. The van der Waals surface area contributed by atoms with Gasteiger partial charge in [0.2, 0.25) is 5.95 Å². The van der Waals surface area contributed by atoms with Gasteiger partial charge < -0.3 is 15.8 Å². The van der Waals surface area contributed by atoms with Crippen LogP contribution in [0.3, 0.4) is 0 Å². The second-order valence-electron chi connectivity index (χ2n) is 4.26. The number of nitriles is 1. The lowest BCUT2D eigenvalue weighted by atomic mass is 10.2. The Morgan fingerprint density at radius 2 is 2.15 bits per heavy atom. The van der Waals surface area contributed by atoms with Crippen LogP contribution in [0.5, 0.6) is 5.75 Å². The van der Waals surface area contributed by atoms with Crippen molar-refractivity contribution in [3.05, 3.63) is 41.2 Å². The molecule has 2 rings (SSSR count). The molecule has 20 heavy (non-hydrogen) atoms. The topological polar surface area (TPSA) is 96.8 Å². The van der Waals surface area contributed by atoms with Crippen LogP contribution in [0.2, 0.25) is 0 Å². The van der Waals surface area contributed by atoms with Gasteiger partial charge in [-0.15, -0.1) is 0 Å². The second-order valence-corrected chi connectivity index (χ2v) is 4.26. The first-order valence-electron chi connectivity index (χ1n) is 6.04. The molecule has 0 saturated heterocycles. The van der Waals surface area contributed by atoms with Gasteiger partial charge in [0.05, 0.1) is 12.8 Å². The van der Waals surface area contributed by atoms with E-state index in [1.165, 1.54) is 0 Å². The quantitative estimate of drug-likeness (QED) is 0.822. The van der Waals surface area contributed by atoms with Gasteiger partial charge in [0.25, 0.3) is 0 Å². The number of nitrogen functional groups attached to an aromatic ring is 1. The van der Waals surface area contributed by atoms with Crippen molar-refractivity contribution in [3.8, 4) is 11.8 Å². The first-order valence-corrected chi connectivity index (χ1v) is 6.04. The fourth-order valence-electron chi connectivity index (χ4n) is 1.78. The highest BCUT2D eigenvalue weighted by molar-refractivity contribution is 5.54. The minimum atomic E-state index is 0.342. The average Bonchev–Trinajstić information content (AvgIpc) is 2.44. The second kappa shape index (κ2) is 5.89. The summed E-state index contributed by atoms with van der Waals surface area (Å²) in [5.74, 6) is 1.07. The monoisotopic (exact) mass is 269 g/mol. The molecule has 6 heteroatoms. The summed E-state index contributed by atoms with van der Waals surface area (Å²) in [6.07, 6.45) is 0. The van der Waals surface area contributed by atoms with Crippen LogP contribution in [-0.2, 0) is 6.54 Å². The van der Waals surface area contributed by atoms with Gasteiger partial charge in [-0.05, 0) is 30.7 Å². The lowest BCUT2D eigenvalue weighted by Gasteiger charge is -2.09. The largest absolute Gasteiger partial charge is 0.495 e. The number of nitrogens with two attached hydrogens (primary N) is 1. The van der Waals surface area contributed by atoms with Crippen molar-refractivity contribution in [2.45, 2.75) is 13.5 Å². The molecule has 0 unspecified atom stereocenters. The molecular formula is C14H15N5O. The maximum Gasteiger partial charge on any atom is 0.224 e. The molecule has 0 spiro atoms. The van der Waals surface area contributed by atoms with Crippen LogP contribution in [0, 0.1) is 18.3 Å².